The first-order valence-corrected chi connectivity index (χ1v) is 7.12. The summed E-state index contributed by atoms with van der Waals surface area (Å²) in [6.45, 7) is 4.09. The van der Waals surface area contributed by atoms with Crippen molar-refractivity contribution in [3.8, 4) is 0 Å². The summed E-state index contributed by atoms with van der Waals surface area (Å²) in [6, 6.07) is 6.88. The zero-order valence-electron chi connectivity index (χ0n) is 10.2. The maximum absolute atomic E-state index is 12.0. The Morgan fingerprint density at radius 1 is 1.35 bits per heavy atom. The molecule has 1 atom stereocenters. The van der Waals surface area contributed by atoms with E-state index in [1.54, 1.807) is 25.1 Å². The van der Waals surface area contributed by atoms with Gasteiger partial charge in [-0.15, -0.1) is 0 Å². The van der Waals surface area contributed by atoms with Crippen molar-refractivity contribution in [3.63, 3.8) is 0 Å². The lowest BCUT2D eigenvalue weighted by atomic mass is 10.1. The number of aliphatic hydroxyl groups excluding tert-OH is 1. The molecule has 1 aromatic carbocycles. The molecule has 0 heterocycles. The molecule has 0 saturated heterocycles. The third-order valence-electron chi connectivity index (χ3n) is 2.63. The van der Waals surface area contributed by atoms with Gasteiger partial charge in [-0.3, -0.25) is 0 Å². The summed E-state index contributed by atoms with van der Waals surface area (Å²) in [6.07, 6.45) is 0.594. The second-order valence-electron chi connectivity index (χ2n) is 4.23. The van der Waals surface area contributed by atoms with Gasteiger partial charge in [0.2, 0.25) is 10.0 Å². The number of sulfonamides is 1. The molecule has 0 bridgehead atoms. The van der Waals surface area contributed by atoms with E-state index in [9.17, 15) is 8.42 Å². The van der Waals surface area contributed by atoms with E-state index in [0.29, 0.717) is 17.9 Å². The lowest BCUT2D eigenvalue weighted by Crippen LogP contribution is -2.29. The molecule has 2 N–H and O–H groups in total. The van der Waals surface area contributed by atoms with Gasteiger partial charge in [-0.25, -0.2) is 13.1 Å². The summed E-state index contributed by atoms with van der Waals surface area (Å²) >= 11 is 0. The number of aryl methyl sites for hydroxylation is 1. The van der Waals surface area contributed by atoms with Crippen LogP contribution in [0.5, 0.6) is 0 Å². The van der Waals surface area contributed by atoms with Crippen molar-refractivity contribution < 1.29 is 13.5 Å². The highest BCUT2D eigenvalue weighted by molar-refractivity contribution is 7.89. The van der Waals surface area contributed by atoms with Crippen molar-refractivity contribution in [2.24, 2.45) is 5.92 Å². The molecule has 17 heavy (non-hydrogen) atoms. The highest BCUT2D eigenvalue weighted by Crippen LogP contribution is 2.14. The van der Waals surface area contributed by atoms with E-state index < -0.39 is 10.0 Å². The highest BCUT2D eigenvalue weighted by atomic mass is 32.2. The molecule has 0 aliphatic rings. The largest absolute Gasteiger partial charge is 0.396 e. The first kappa shape index (κ1) is 14.2. The minimum atomic E-state index is -3.44. The van der Waals surface area contributed by atoms with Crippen LogP contribution >= 0.6 is 0 Å². The molecular formula is C12H19NO3S. The van der Waals surface area contributed by atoms with Gasteiger partial charge in [-0.05, 0) is 30.9 Å². The van der Waals surface area contributed by atoms with Gasteiger partial charge in [0, 0.05) is 13.2 Å². The van der Waals surface area contributed by atoms with Crippen LogP contribution in [0.3, 0.4) is 0 Å². The van der Waals surface area contributed by atoms with Gasteiger partial charge in [0.1, 0.15) is 0 Å². The van der Waals surface area contributed by atoms with Crippen LogP contribution in [0.25, 0.3) is 0 Å². The lowest BCUT2D eigenvalue weighted by molar-refractivity contribution is 0.263. The number of nitrogens with one attached hydrogen (secondary N) is 1. The summed E-state index contributed by atoms with van der Waals surface area (Å²) in [7, 11) is -3.44. The maximum atomic E-state index is 12.0. The van der Waals surface area contributed by atoms with Crippen molar-refractivity contribution in [1.82, 2.24) is 4.72 Å². The Morgan fingerprint density at radius 2 is 2.00 bits per heavy atom. The first-order chi connectivity index (χ1) is 7.97. The fourth-order valence-corrected chi connectivity index (χ4v) is 2.92. The number of aliphatic hydroxyl groups is 1. The fraction of sp³-hybridized carbons (Fsp3) is 0.500. The Kier molecular flexibility index (Phi) is 5.11. The van der Waals surface area contributed by atoms with Gasteiger partial charge in [-0.1, -0.05) is 25.1 Å². The van der Waals surface area contributed by atoms with Crippen molar-refractivity contribution >= 4 is 10.0 Å². The van der Waals surface area contributed by atoms with Crippen LogP contribution in [0.15, 0.2) is 29.2 Å². The summed E-state index contributed by atoms with van der Waals surface area (Å²) < 4.78 is 26.5. The molecule has 1 aromatic rings. The lowest BCUT2D eigenvalue weighted by Gasteiger charge is -2.12. The van der Waals surface area contributed by atoms with E-state index in [2.05, 4.69) is 4.72 Å². The number of benzene rings is 1. The Hall–Kier alpha value is -0.910. The van der Waals surface area contributed by atoms with Crippen LogP contribution in [0.1, 0.15) is 18.9 Å². The van der Waals surface area contributed by atoms with Crippen LogP contribution in [-0.2, 0) is 10.0 Å². The van der Waals surface area contributed by atoms with E-state index in [0.717, 1.165) is 5.56 Å². The molecule has 0 aliphatic carbocycles. The van der Waals surface area contributed by atoms with Gasteiger partial charge in [-0.2, -0.15) is 0 Å². The molecule has 0 fully saturated rings. The molecule has 0 spiro atoms. The van der Waals surface area contributed by atoms with Gasteiger partial charge in [0.05, 0.1) is 4.90 Å². The van der Waals surface area contributed by atoms with Gasteiger partial charge in [0.15, 0.2) is 0 Å². The number of rotatable bonds is 6. The molecule has 1 unspecified atom stereocenters. The number of hydrogen-bond donors (Lipinski definition) is 2. The first-order valence-electron chi connectivity index (χ1n) is 5.63. The molecule has 0 aromatic heterocycles. The molecule has 4 nitrogen and oxygen atoms in total. The van der Waals surface area contributed by atoms with Gasteiger partial charge < -0.3 is 5.11 Å². The monoisotopic (exact) mass is 257 g/mol. The second kappa shape index (κ2) is 6.14. The highest BCUT2D eigenvalue weighted by Gasteiger charge is 2.16. The normalized spacial score (nSPS) is 13.6. The van der Waals surface area contributed by atoms with E-state index in [-0.39, 0.29) is 12.5 Å². The van der Waals surface area contributed by atoms with E-state index in [1.165, 1.54) is 0 Å². The average molecular weight is 257 g/mol. The zero-order chi connectivity index (χ0) is 12.9. The molecule has 0 amide bonds. The third-order valence-corrected chi connectivity index (χ3v) is 4.21. The molecule has 0 aliphatic heterocycles. The summed E-state index contributed by atoms with van der Waals surface area (Å²) in [5, 5.41) is 8.75. The molecule has 1 rings (SSSR count). The fourth-order valence-electron chi connectivity index (χ4n) is 1.51. The van der Waals surface area contributed by atoms with Gasteiger partial charge >= 0.3 is 0 Å². The maximum Gasteiger partial charge on any atom is 0.240 e. The molecular weight excluding hydrogens is 238 g/mol. The average Bonchev–Trinajstić information content (AvgIpc) is 2.27. The van der Waals surface area contributed by atoms with Crippen LogP contribution in [-0.4, -0.2) is 26.7 Å². The summed E-state index contributed by atoms with van der Waals surface area (Å²) in [4.78, 5) is 0.316. The van der Waals surface area contributed by atoms with Crippen LogP contribution in [0.4, 0.5) is 0 Å². The van der Waals surface area contributed by atoms with Crippen molar-refractivity contribution in [2.75, 3.05) is 13.2 Å². The Labute approximate surface area is 103 Å². The third kappa shape index (κ3) is 4.11. The summed E-state index contributed by atoms with van der Waals surface area (Å²) in [5.74, 6) is 0.124. The minimum Gasteiger partial charge on any atom is -0.396 e. The van der Waals surface area contributed by atoms with Crippen LogP contribution in [0.2, 0.25) is 0 Å². The standard InChI is InChI=1S/C12H19NO3S/c1-10(7-8-14)9-13-17(15,16)12-6-4-3-5-11(12)2/h3-6,10,13-14H,7-9H2,1-2H3. The topological polar surface area (TPSA) is 66.4 Å². The Balaban J connectivity index is 2.73. The molecule has 96 valence electrons. The van der Waals surface area contributed by atoms with E-state index in [1.807, 2.05) is 13.0 Å². The smallest absolute Gasteiger partial charge is 0.240 e. The van der Waals surface area contributed by atoms with Crippen molar-refractivity contribution in [3.05, 3.63) is 29.8 Å². The van der Waals surface area contributed by atoms with Crippen molar-refractivity contribution in [1.29, 1.82) is 0 Å². The SMILES string of the molecule is Cc1ccccc1S(=O)(=O)NCC(C)CCO. The van der Waals surface area contributed by atoms with E-state index >= 15 is 0 Å². The molecule has 0 saturated carbocycles. The zero-order valence-corrected chi connectivity index (χ0v) is 11.0. The predicted octanol–water partition coefficient (Wildman–Crippen LogP) is 1.29. The molecule has 0 radical (unpaired) electrons. The summed E-state index contributed by atoms with van der Waals surface area (Å²) in [5.41, 5.74) is 0.731. The van der Waals surface area contributed by atoms with Crippen molar-refractivity contribution in [2.45, 2.75) is 25.2 Å². The van der Waals surface area contributed by atoms with Crippen LogP contribution in [0, 0.1) is 12.8 Å². The molecule has 5 heteroatoms. The minimum absolute atomic E-state index is 0.0766. The van der Waals surface area contributed by atoms with Crippen LogP contribution < -0.4 is 4.72 Å². The van der Waals surface area contributed by atoms with Gasteiger partial charge in [0.25, 0.3) is 0 Å². The Bertz CT molecular complexity index is 457. The number of hydrogen-bond acceptors (Lipinski definition) is 3. The Morgan fingerprint density at radius 3 is 2.59 bits per heavy atom. The van der Waals surface area contributed by atoms with E-state index in [4.69, 9.17) is 5.11 Å². The quantitative estimate of drug-likeness (QED) is 0.807. The second-order valence-corrected chi connectivity index (χ2v) is 5.97. The predicted molar refractivity (Wildman–Crippen MR) is 67.2 cm³/mol.